The Bertz CT molecular complexity index is 501. The number of hydrogen-bond donors (Lipinski definition) is 1. The molecule has 0 heterocycles. The van der Waals surface area contributed by atoms with Gasteiger partial charge in [0.25, 0.3) is 0 Å². The molecule has 0 spiro atoms. The van der Waals surface area contributed by atoms with Gasteiger partial charge in [0.1, 0.15) is 17.7 Å². The highest BCUT2D eigenvalue weighted by molar-refractivity contribution is 5.93. The predicted octanol–water partition coefficient (Wildman–Crippen LogP) is 2.35. The summed E-state index contributed by atoms with van der Waals surface area (Å²) in [4.78, 5) is 11.2. The molecule has 0 fully saturated rings. The molecule has 0 unspecified atom stereocenters. The lowest BCUT2D eigenvalue weighted by Gasteiger charge is -2.03. The van der Waals surface area contributed by atoms with Gasteiger partial charge in [-0.2, -0.15) is 5.26 Å². The Morgan fingerprint density at radius 3 is 2.56 bits per heavy atom. The van der Waals surface area contributed by atoms with Gasteiger partial charge in [-0.3, -0.25) is 0 Å². The van der Waals surface area contributed by atoms with Crippen molar-refractivity contribution in [2.75, 3.05) is 11.9 Å². The normalized spacial score (nSPS) is 10.7. The maximum absolute atomic E-state index is 12.9. The first-order chi connectivity index (χ1) is 8.56. The van der Waals surface area contributed by atoms with Gasteiger partial charge in [0, 0.05) is 18.0 Å². The summed E-state index contributed by atoms with van der Waals surface area (Å²) in [6.07, 6.45) is 1.03. The summed E-state index contributed by atoms with van der Waals surface area (Å²) in [5.41, 5.74) is -0.203. The molecule has 1 N–H and O–H groups in total. The summed E-state index contributed by atoms with van der Waals surface area (Å²) in [7, 11) is 0. The number of nitrogens with zero attached hydrogens (tertiary/aromatic N) is 1. The number of hydrogen-bond acceptors (Lipinski definition) is 4. The number of nitriles is 1. The number of nitrogens with one attached hydrogen (secondary N) is 1. The smallest absolute Gasteiger partial charge is 0.350 e. The standard InChI is InChI=1S/C12H10F2N2O2/c1-2-18-12(17)8(6-15)7-16-11-4-9(13)3-10(14)5-11/h3-5,7,16H,2H2,1H3/b8-7+. The zero-order valence-electron chi connectivity index (χ0n) is 9.54. The molecule has 0 bridgehead atoms. The van der Waals surface area contributed by atoms with Gasteiger partial charge < -0.3 is 10.1 Å². The highest BCUT2D eigenvalue weighted by Crippen LogP contribution is 2.13. The van der Waals surface area contributed by atoms with Crippen molar-refractivity contribution in [3.05, 3.63) is 41.6 Å². The molecular formula is C12H10F2N2O2. The molecule has 1 rings (SSSR count). The third-order valence-corrected chi connectivity index (χ3v) is 1.86. The Morgan fingerprint density at radius 1 is 1.44 bits per heavy atom. The second-order valence-corrected chi connectivity index (χ2v) is 3.19. The number of carbonyl (C=O) groups excluding carboxylic acids is 1. The summed E-state index contributed by atoms with van der Waals surface area (Å²) in [5, 5.41) is 11.2. The summed E-state index contributed by atoms with van der Waals surface area (Å²) < 4.78 is 30.3. The van der Waals surface area contributed by atoms with Gasteiger partial charge in [-0.05, 0) is 19.1 Å². The average molecular weight is 252 g/mol. The molecule has 0 aliphatic carbocycles. The summed E-state index contributed by atoms with van der Waals surface area (Å²) in [6, 6.07) is 4.39. The molecule has 0 aliphatic rings. The average Bonchev–Trinajstić information content (AvgIpc) is 2.29. The fourth-order valence-electron chi connectivity index (χ4n) is 1.14. The molecular weight excluding hydrogens is 242 g/mol. The van der Waals surface area contributed by atoms with Gasteiger partial charge >= 0.3 is 5.97 Å². The largest absolute Gasteiger partial charge is 0.462 e. The van der Waals surface area contributed by atoms with E-state index in [4.69, 9.17) is 5.26 Å². The quantitative estimate of drug-likeness (QED) is 0.507. The molecule has 94 valence electrons. The molecule has 1 aromatic rings. The van der Waals surface area contributed by atoms with E-state index in [0.717, 1.165) is 18.3 Å². The van der Waals surface area contributed by atoms with Crippen molar-refractivity contribution in [2.24, 2.45) is 0 Å². The maximum atomic E-state index is 12.9. The fraction of sp³-hybridized carbons (Fsp3) is 0.167. The van der Waals surface area contributed by atoms with Crippen LogP contribution in [0.5, 0.6) is 0 Å². The molecule has 0 amide bonds. The van der Waals surface area contributed by atoms with Crippen LogP contribution in [-0.2, 0) is 9.53 Å². The predicted molar refractivity (Wildman–Crippen MR) is 60.3 cm³/mol. The van der Waals surface area contributed by atoms with E-state index in [1.807, 2.05) is 0 Å². The Kier molecular flexibility index (Phi) is 4.81. The fourth-order valence-corrected chi connectivity index (χ4v) is 1.14. The zero-order valence-corrected chi connectivity index (χ0v) is 9.54. The first-order valence-corrected chi connectivity index (χ1v) is 5.07. The Morgan fingerprint density at radius 2 is 2.06 bits per heavy atom. The van der Waals surface area contributed by atoms with Crippen LogP contribution < -0.4 is 5.32 Å². The van der Waals surface area contributed by atoms with E-state index in [0.29, 0.717) is 6.07 Å². The van der Waals surface area contributed by atoms with Crippen molar-refractivity contribution in [2.45, 2.75) is 6.92 Å². The van der Waals surface area contributed by atoms with Crippen LogP contribution in [0, 0.1) is 23.0 Å². The van der Waals surface area contributed by atoms with Gasteiger partial charge in [-0.25, -0.2) is 13.6 Å². The molecule has 0 saturated carbocycles. The van der Waals surface area contributed by atoms with Crippen molar-refractivity contribution in [1.82, 2.24) is 0 Å². The van der Waals surface area contributed by atoms with Crippen LogP contribution in [0.3, 0.4) is 0 Å². The molecule has 18 heavy (non-hydrogen) atoms. The lowest BCUT2D eigenvalue weighted by molar-refractivity contribution is -0.138. The summed E-state index contributed by atoms with van der Waals surface area (Å²) in [5.74, 6) is -2.33. The van der Waals surface area contributed by atoms with Crippen LogP contribution >= 0.6 is 0 Å². The van der Waals surface area contributed by atoms with Gasteiger partial charge in [0.2, 0.25) is 0 Å². The minimum Gasteiger partial charge on any atom is -0.462 e. The van der Waals surface area contributed by atoms with Crippen molar-refractivity contribution in [3.63, 3.8) is 0 Å². The lowest BCUT2D eigenvalue weighted by Crippen LogP contribution is -2.08. The van der Waals surface area contributed by atoms with Gasteiger partial charge in [0.05, 0.1) is 6.61 Å². The van der Waals surface area contributed by atoms with Gasteiger partial charge in [-0.1, -0.05) is 0 Å². The summed E-state index contributed by atoms with van der Waals surface area (Å²) in [6.45, 7) is 1.73. The molecule has 0 atom stereocenters. The number of halogens is 2. The van der Waals surface area contributed by atoms with Gasteiger partial charge in [-0.15, -0.1) is 0 Å². The Hall–Kier alpha value is -2.42. The Balaban J connectivity index is 2.83. The van der Waals surface area contributed by atoms with E-state index in [9.17, 15) is 13.6 Å². The van der Waals surface area contributed by atoms with Crippen LogP contribution in [0.1, 0.15) is 6.92 Å². The second-order valence-electron chi connectivity index (χ2n) is 3.19. The SMILES string of the molecule is CCOC(=O)/C(C#N)=C/Nc1cc(F)cc(F)c1. The highest BCUT2D eigenvalue weighted by Gasteiger charge is 2.09. The zero-order chi connectivity index (χ0) is 13.5. The molecule has 6 heteroatoms. The number of esters is 1. The van der Waals surface area contributed by atoms with Crippen molar-refractivity contribution in [3.8, 4) is 6.07 Å². The molecule has 0 radical (unpaired) electrons. The topological polar surface area (TPSA) is 62.1 Å². The van der Waals surface area contributed by atoms with Crippen molar-refractivity contribution >= 4 is 11.7 Å². The molecule has 1 aromatic carbocycles. The van der Waals surface area contributed by atoms with E-state index < -0.39 is 17.6 Å². The van der Waals surface area contributed by atoms with E-state index in [2.05, 4.69) is 10.1 Å². The number of ether oxygens (including phenoxy) is 1. The molecule has 0 saturated heterocycles. The number of carbonyl (C=O) groups is 1. The van der Waals surface area contributed by atoms with E-state index in [1.54, 1.807) is 13.0 Å². The first kappa shape index (κ1) is 13.6. The third-order valence-electron chi connectivity index (χ3n) is 1.86. The minimum atomic E-state index is -0.802. The highest BCUT2D eigenvalue weighted by atomic mass is 19.1. The van der Waals surface area contributed by atoms with Crippen LogP contribution in [0.25, 0.3) is 0 Å². The first-order valence-electron chi connectivity index (χ1n) is 5.07. The van der Waals surface area contributed by atoms with Crippen LogP contribution in [0.15, 0.2) is 30.0 Å². The van der Waals surface area contributed by atoms with E-state index in [1.165, 1.54) is 0 Å². The molecule has 0 aliphatic heterocycles. The van der Waals surface area contributed by atoms with Crippen molar-refractivity contribution < 1.29 is 18.3 Å². The monoisotopic (exact) mass is 252 g/mol. The molecule has 4 nitrogen and oxygen atoms in total. The minimum absolute atomic E-state index is 0.0875. The second kappa shape index (κ2) is 6.35. The van der Waals surface area contributed by atoms with Crippen LogP contribution in [-0.4, -0.2) is 12.6 Å². The van der Waals surface area contributed by atoms with Crippen molar-refractivity contribution in [1.29, 1.82) is 5.26 Å². The molecule has 0 aromatic heterocycles. The van der Waals surface area contributed by atoms with Crippen LogP contribution in [0.4, 0.5) is 14.5 Å². The third kappa shape index (κ3) is 3.87. The number of benzene rings is 1. The van der Waals surface area contributed by atoms with Gasteiger partial charge in [0.15, 0.2) is 5.57 Å². The van der Waals surface area contributed by atoms with E-state index in [-0.39, 0.29) is 17.9 Å². The number of rotatable bonds is 4. The maximum Gasteiger partial charge on any atom is 0.350 e. The Labute approximate surface area is 102 Å². The lowest BCUT2D eigenvalue weighted by atomic mass is 10.3. The van der Waals surface area contributed by atoms with E-state index >= 15 is 0 Å². The summed E-state index contributed by atoms with van der Waals surface area (Å²) >= 11 is 0. The number of anilines is 1. The van der Waals surface area contributed by atoms with Crippen LogP contribution in [0.2, 0.25) is 0 Å².